The van der Waals surface area contributed by atoms with Crippen LogP contribution in [0.1, 0.15) is 21.7 Å². The van der Waals surface area contributed by atoms with Crippen LogP contribution in [0.2, 0.25) is 0 Å². The van der Waals surface area contributed by atoms with Crippen LogP contribution in [0.5, 0.6) is 0 Å². The monoisotopic (exact) mass is 452 g/mol. The maximum Gasteiger partial charge on any atom is 0.271 e. The number of anilines is 2. The fourth-order valence-electron chi connectivity index (χ4n) is 3.14. The number of aromatic nitrogens is 2. The van der Waals surface area contributed by atoms with E-state index < -0.39 is 10.0 Å². The number of aryl methyl sites for hydroxylation is 2. The van der Waals surface area contributed by atoms with Crippen LogP contribution in [0, 0.1) is 13.8 Å². The maximum absolute atomic E-state index is 12.8. The summed E-state index contributed by atoms with van der Waals surface area (Å²) in [5.41, 5.74) is 4.03. The van der Waals surface area contributed by atoms with Gasteiger partial charge in [0, 0.05) is 16.9 Å². The molecule has 0 aliphatic carbocycles. The van der Waals surface area contributed by atoms with Gasteiger partial charge in [0.05, 0.1) is 17.1 Å². The lowest BCUT2D eigenvalue weighted by atomic mass is 10.2. The largest absolute Gasteiger partial charge is 0.320 e. The van der Waals surface area contributed by atoms with Gasteiger partial charge in [0.15, 0.2) is 0 Å². The average molecular weight is 453 g/mol. The number of para-hydroxylation sites is 2. The topological polar surface area (TPSA) is 93.1 Å². The Balaban J connectivity index is 1.52. The van der Waals surface area contributed by atoms with Crippen molar-refractivity contribution in [2.24, 2.45) is 0 Å². The molecular weight excluding hydrogens is 432 g/mol. The number of thiophene rings is 1. The minimum Gasteiger partial charge on any atom is -0.320 e. The van der Waals surface area contributed by atoms with Crippen molar-refractivity contribution in [3.05, 3.63) is 89.1 Å². The van der Waals surface area contributed by atoms with Crippen molar-refractivity contribution in [3.63, 3.8) is 0 Å². The molecule has 2 heterocycles. The van der Waals surface area contributed by atoms with Crippen LogP contribution in [-0.4, -0.2) is 24.1 Å². The zero-order valence-corrected chi connectivity index (χ0v) is 18.5. The molecule has 2 N–H and O–H groups in total. The number of benzene rings is 2. The van der Waals surface area contributed by atoms with Crippen LogP contribution in [0.4, 0.5) is 11.4 Å². The van der Waals surface area contributed by atoms with Gasteiger partial charge < -0.3 is 5.32 Å². The van der Waals surface area contributed by atoms with E-state index in [9.17, 15) is 13.2 Å². The van der Waals surface area contributed by atoms with Crippen LogP contribution in [0.25, 0.3) is 5.69 Å². The summed E-state index contributed by atoms with van der Waals surface area (Å²) in [6.45, 7) is 3.87. The highest BCUT2D eigenvalue weighted by atomic mass is 32.2. The summed E-state index contributed by atoms with van der Waals surface area (Å²) in [4.78, 5) is 12.8. The maximum atomic E-state index is 12.8. The molecule has 0 bridgehead atoms. The fraction of sp³-hybridized carbons (Fsp3) is 0.0909. The van der Waals surface area contributed by atoms with Gasteiger partial charge in [-0.2, -0.15) is 5.10 Å². The second-order valence-corrected chi connectivity index (χ2v) is 9.78. The molecule has 158 valence electrons. The summed E-state index contributed by atoms with van der Waals surface area (Å²) in [6, 6.07) is 18.9. The number of carbonyl (C=O) groups excluding carboxylic acids is 1. The number of hydrogen-bond donors (Lipinski definition) is 2. The second-order valence-electron chi connectivity index (χ2n) is 6.93. The molecule has 7 nitrogen and oxygen atoms in total. The van der Waals surface area contributed by atoms with E-state index in [0.29, 0.717) is 16.9 Å². The van der Waals surface area contributed by atoms with Crippen LogP contribution in [0.15, 0.2) is 76.3 Å². The van der Waals surface area contributed by atoms with Gasteiger partial charge in [0.1, 0.15) is 4.21 Å². The van der Waals surface area contributed by atoms with Crippen molar-refractivity contribution in [3.8, 4) is 5.69 Å². The summed E-state index contributed by atoms with van der Waals surface area (Å²) in [5, 5.41) is 9.10. The Kier molecular flexibility index (Phi) is 5.62. The van der Waals surface area contributed by atoms with Gasteiger partial charge in [-0.05, 0) is 67.8 Å². The number of hydrogen-bond acceptors (Lipinski definition) is 5. The molecule has 0 spiro atoms. The molecule has 2 aromatic heterocycles. The van der Waals surface area contributed by atoms with Gasteiger partial charge in [-0.25, -0.2) is 13.1 Å². The normalized spacial score (nSPS) is 11.3. The molecule has 0 atom stereocenters. The number of carbonyl (C=O) groups is 1. The minimum absolute atomic E-state index is 0.232. The highest BCUT2D eigenvalue weighted by molar-refractivity contribution is 7.94. The van der Waals surface area contributed by atoms with Crippen molar-refractivity contribution in [1.82, 2.24) is 9.78 Å². The van der Waals surface area contributed by atoms with E-state index in [2.05, 4.69) is 15.1 Å². The van der Waals surface area contributed by atoms with E-state index >= 15 is 0 Å². The smallest absolute Gasteiger partial charge is 0.271 e. The van der Waals surface area contributed by atoms with Crippen molar-refractivity contribution in [2.45, 2.75) is 18.1 Å². The van der Waals surface area contributed by atoms with Crippen LogP contribution >= 0.6 is 11.3 Å². The first kappa shape index (κ1) is 20.8. The molecule has 0 aliphatic rings. The first-order chi connectivity index (χ1) is 14.8. The zero-order valence-electron chi connectivity index (χ0n) is 16.9. The molecule has 0 saturated carbocycles. The number of rotatable bonds is 6. The van der Waals surface area contributed by atoms with E-state index in [0.717, 1.165) is 28.4 Å². The van der Waals surface area contributed by atoms with Crippen molar-refractivity contribution >= 4 is 38.6 Å². The summed E-state index contributed by atoms with van der Waals surface area (Å²) >= 11 is 1.14. The highest BCUT2D eigenvalue weighted by Gasteiger charge is 2.16. The Morgan fingerprint density at radius 2 is 1.74 bits per heavy atom. The lowest BCUT2D eigenvalue weighted by molar-refractivity contribution is 0.102. The molecule has 31 heavy (non-hydrogen) atoms. The predicted molar refractivity (Wildman–Crippen MR) is 123 cm³/mol. The number of nitrogens with one attached hydrogen (secondary N) is 2. The lowest BCUT2D eigenvalue weighted by Gasteiger charge is -2.13. The highest BCUT2D eigenvalue weighted by Crippen LogP contribution is 2.23. The third kappa shape index (κ3) is 4.52. The Morgan fingerprint density at radius 3 is 2.39 bits per heavy atom. The van der Waals surface area contributed by atoms with Crippen molar-refractivity contribution in [2.75, 3.05) is 10.0 Å². The molecule has 0 aliphatic heterocycles. The first-order valence-electron chi connectivity index (χ1n) is 9.44. The van der Waals surface area contributed by atoms with E-state index in [-0.39, 0.29) is 10.1 Å². The van der Waals surface area contributed by atoms with Crippen LogP contribution in [0.3, 0.4) is 0 Å². The van der Waals surface area contributed by atoms with Gasteiger partial charge in [0.2, 0.25) is 0 Å². The molecule has 0 radical (unpaired) electrons. The van der Waals surface area contributed by atoms with Gasteiger partial charge in [-0.3, -0.25) is 9.52 Å². The third-order valence-electron chi connectivity index (χ3n) is 4.55. The Labute approximate surface area is 184 Å². The van der Waals surface area contributed by atoms with Crippen molar-refractivity contribution < 1.29 is 13.2 Å². The van der Waals surface area contributed by atoms with Crippen LogP contribution < -0.4 is 10.0 Å². The predicted octanol–water partition coefficient (Wildman–Crippen LogP) is 4.60. The molecule has 9 heteroatoms. The fourth-order valence-corrected chi connectivity index (χ4v) is 5.19. The lowest BCUT2D eigenvalue weighted by Crippen LogP contribution is -2.15. The summed E-state index contributed by atoms with van der Waals surface area (Å²) < 4.78 is 29.2. The standard InChI is InChI=1S/C22H20N4O3S2/c1-15-14-16(2)26(24-15)20-7-4-3-6-19(20)23-22(27)17-9-11-18(12-10-17)25-31(28,29)21-8-5-13-30-21/h3-14,25H,1-2H3,(H,23,27). The van der Waals surface area contributed by atoms with Crippen molar-refractivity contribution in [1.29, 1.82) is 0 Å². The zero-order chi connectivity index (χ0) is 22.0. The average Bonchev–Trinajstić information content (AvgIpc) is 3.39. The van der Waals surface area contributed by atoms with E-state index in [1.165, 1.54) is 6.07 Å². The van der Waals surface area contributed by atoms with Gasteiger partial charge in [-0.15, -0.1) is 11.3 Å². The molecule has 0 saturated heterocycles. The molecular formula is C22H20N4O3S2. The Bertz CT molecular complexity index is 1330. The van der Waals surface area contributed by atoms with Gasteiger partial charge >= 0.3 is 0 Å². The van der Waals surface area contributed by atoms with Crippen LogP contribution in [-0.2, 0) is 10.0 Å². The Hall–Kier alpha value is -3.43. The number of amides is 1. The molecule has 0 fully saturated rings. The van der Waals surface area contributed by atoms with E-state index in [4.69, 9.17) is 0 Å². The molecule has 4 aromatic rings. The second kappa shape index (κ2) is 8.37. The number of nitrogens with zero attached hydrogens (tertiary/aromatic N) is 2. The molecule has 0 unspecified atom stereocenters. The molecule has 1 amide bonds. The minimum atomic E-state index is -3.63. The SMILES string of the molecule is Cc1cc(C)n(-c2ccccc2NC(=O)c2ccc(NS(=O)(=O)c3cccs3)cc2)n1. The molecule has 4 rings (SSSR count). The van der Waals surface area contributed by atoms with E-state index in [1.54, 1.807) is 40.4 Å². The third-order valence-corrected chi connectivity index (χ3v) is 7.33. The first-order valence-corrected chi connectivity index (χ1v) is 11.8. The molecule has 2 aromatic carbocycles. The quantitative estimate of drug-likeness (QED) is 0.447. The van der Waals surface area contributed by atoms with Gasteiger partial charge in [0.25, 0.3) is 15.9 Å². The summed E-state index contributed by atoms with van der Waals surface area (Å²) in [6.07, 6.45) is 0. The van der Waals surface area contributed by atoms with E-state index in [1.807, 2.05) is 44.2 Å². The number of sulfonamides is 1. The summed E-state index contributed by atoms with van der Waals surface area (Å²) in [5.74, 6) is -0.304. The summed E-state index contributed by atoms with van der Waals surface area (Å²) in [7, 11) is -3.63. The Morgan fingerprint density at radius 1 is 1.00 bits per heavy atom. The van der Waals surface area contributed by atoms with Gasteiger partial charge in [-0.1, -0.05) is 18.2 Å².